The predicted molar refractivity (Wildman–Crippen MR) is 90.2 cm³/mol. The summed E-state index contributed by atoms with van der Waals surface area (Å²) in [6.07, 6.45) is -4.57. The highest BCUT2D eigenvalue weighted by Gasteiger charge is 2.30. The molecular formula is C14H11F3N4O6S. The van der Waals surface area contributed by atoms with Crippen molar-refractivity contribution in [1.82, 2.24) is 0 Å². The van der Waals surface area contributed by atoms with Crippen molar-refractivity contribution >= 4 is 33.1 Å². The normalized spacial score (nSPS) is 11.7. The van der Waals surface area contributed by atoms with Gasteiger partial charge in [0.25, 0.3) is 0 Å². The minimum absolute atomic E-state index is 0.0675. The Hall–Kier alpha value is -3.39. The van der Waals surface area contributed by atoms with E-state index in [-0.39, 0.29) is 5.69 Å². The molecular weight excluding hydrogens is 409 g/mol. The molecule has 5 N–H and O–H groups in total. The Bertz CT molecular complexity index is 1040. The quantitative estimate of drug-likeness (QED) is 0.337. The van der Waals surface area contributed by atoms with Crippen LogP contribution in [0, 0.1) is 10.1 Å². The van der Waals surface area contributed by atoms with Crippen LogP contribution in [0.1, 0.15) is 5.56 Å². The summed E-state index contributed by atoms with van der Waals surface area (Å²) >= 11 is 0. The van der Waals surface area contributed by atoms with Crippen molar-refractivity contribution in [2.45, 2.75) is 11.1 Å². The lowest BCUT2D eigenvalue weighted by Crippen LogP contribution is -2.20. The molecule has 28 heavy (non-hydrogen) atoms. The fraction of sp³-hybridized carbons (Fsp3) is 0.0714. The highest BCUT2D eigenvalue weighted by atomic mass is 32.2. The minimum atomic E-state index is -4.57. The van der Waals surface area contributed by atoms with Crippen molar-refractivity contribution in [3.63, 3.8) is 0 Å². The van der Waals surface area contributed by atoms with Crippen molar-refractivity contribution in [1.29, 1.82) is 0 Å². The second kappa shape index (κ2) is 7.32. The third-order valence-corrected chi connectivity index (χ3v) is 4.20. The number of nitro benzene ring substituents is 1. The van der Waals surface area contributed by atoms with Gasteiger partial charge in [-0.1, -0.05) is 0 Å². The maximum atomic E-state index is 12.5. The van der Waals surface area contributed by atoms with Gasteiger partial charge in [0, 0.05) is 11.8 Å². The summed E-state index contributed by atoms with van der Waals surface area (Å²) in [5, 5.41) is 29.8. The molecule has 150 valence electrons. The Labute approximate surface area is 155 Å². The molecule has 0 aromatic heterocycles. The number of alkyl halides is 3. The Balaban J connectivity index is 2.28. The number of sulfonamides is 1. The molecule has 10 nitrogen and oxygen atoms in total. The maximum Gasteiger partial charge on any atom is 0.416 e. The number of phenols is 1. The zero-order valence-electron chi connectivity index (χ0n) is 13.5. The van der Waals surface area contributed by atoms with E-state index in [0.717, 1.165) is 12.1 Å². The molecule has 0 saturated carbocycles. The molecule has 14 heteroatoms. The van der Waals surface area contributed by atoms with Crippen molar-refractivity contribution in [2.24, 2.45) is 5.14 Å². The summed E-state index contributed by atoms with van der Waals surface area (Å²) in [4.78, 5) is 21.0. The molecule has 0 fully saturated rings. The van der Waals surface area contributed by atoms with Gasteiger partial charge < -0.3 is 15.7 Å². The Morgan fingerprint density at radius 2 is 1.71 bits per heavy atom. The van der Waals surface area contributed by atoms with Crippen LogP contribution < -0.4 is 15.8 Å². The van der Waals surface area contributed by atoms with Crippen LogP contribution >= 0.6 is 0 Å². The largest absolute Gasteiger partial charge is 0.501 e. The smallest absolute Gasteiger partial charge is 0.416 e. The molecule has 2 amide bonds. The summed E-state index contributed by atoms with van der Waals surface area (Å²) in [6, 6.07) is 3.39. The lowest BCUT2D eigenvalue weighted by atomic mass is 10.2. The molecule has 0 atom stereocenters. The number of nitrogens with two attached hydrogens (primary N) is 1. The first-order chi connectivity index (χ1) is 12.8. The van der Waals surface area contributed by atoms with E-state index in [9.17, 15) is 41.6 Å². The number of carbonyl (C=O) groups excluding carboxylic acids is 1. The van der Waals surface area contributed by atoms with Gasteiger partial charge in [-0.15, -0.1) is 0 Å². The monoisotopic (exact) mass is 420 g/mol. The Morgan fingerprint density at radius 1 is 1.14 bits per heavy atom. The van der Waals surface area contributed by atoms with Crippen LogP contribution in [0.25, 0.3) is 0 Å². The number of phenolic OH excluding ortho intramolecular Hbond substituents is 1. The van der Waals surface area contributed by atoms with Gasteiger partial charge in [0.1, 0.15) is 0 Å². The van der Waals surface area contributed by atoms with Crippen molar-refractivity contribution in [3.8, 4) is 5.75 Å². The van der Waals surface area contributed by atoms with Gasteiger partial charge in [0.2, 0.25) is 15.8 Å². The molecule has 0 heterocycles. The van der Waals surface area contributed by atoms with Crippen LogP contribution in [0.15, 0.2) is 41.3 Å². The zero-order chi connectivity index (χ0) is 21.3. The number of nitrogens with zero attached hydrogens (tertiary/aromatic N) is 1. The van der Waals surface area contributed by atoms with E-state index >= 15 is 0 Å². The molecule has 0 aliphatic carbocycles. The second-order valence-corrected chi connectivity index (χ2v) is 6.86. The fourth-order valence-electron chi connectivity index (χ4n) is 2.02. The SMILES string of the molecule is NS(=O)(=O)c1cc(NC(=O)Nc2ccc(C(F)(F)F)cc2)c(O)c([N+](=O)[O-])c1. The van der Waals surface area contributed by atoms with E-state index in [1.807, 2.05) is 5.32 Å². The second-order valence-electron chi connectivity index (χ2n) is 5.29. The third-order valence-electron chi connectivity index (χ3n) is 3.31. The molecule has 0 bridgehead atoms. The van der Waals surface area contributed by atoms with E-state index in [1.165, 1.54) is 0 Å². The molecule has 0 radical (unpaired) electrons. The first-order valence-electron chi connectivity index (χ1n) is 7.08. The van der Waals surface area contributed by atoms with Gasteiger partial charge in [-0.25, -0.2) is 18.4 Å². The van der Waals surface area contributed by atoms with Crippen LogP contribution in [0.3, 0.4) is 0 Å². The molecule has 0 saturated heterocycles. The number of nitro groups is 1. The summed E-state index contributed by atoms with van der Waals surface area (Å²) in [6.45, 7) is 0. The van der Waals surface area contributed by atoms with E-state index in [2.05, 4.69) is 5.32 Å². The lowest BCUT2D eigenvalue weighted by molar-refractivity contribution is -0.386. The standard InChI is InChI=1S/C14H11F3N4O6S/c15-14(16,17)7-1-3-8(4-2-7)19-13(23)20-10-5-9(28(18,26)27)6-11(12(10)22)21(24)25/h1-6,22H,(H2,18,26,27)(H2,19,20,23). The first kappa shape index (κ1) is 20.9. The first-order valence-corrected chi connectivity index (χ1v) is 8.63. The molecule has 0 unspecified atom stereocenters. The number of nitrogens with one attached hydrogen (secondary N) is 2. The van der Waals surface area contributed by atoms with Crippen LogP contribution in [-0.2, 0) is 16.2 Å². The molecule has 2 aromatic rings. The van der Waals surface area contributed by atoms with E-state index in [1.54, 1.807) is 0 Å². The number of hydrogen-bond donors (Lipinski definition) is 4. The maximum absolute atomic E-state index is 12.5. The molecule has 0 aliphatic rings. The van der Waals surface area contributed by atoms with Gasteiger partial charge in [-0.3, -0.25) is 10.1 Å². The summed E-state index contributed by atoms with van der Waals surface area (Å²) < 4.78 is 60.4. The number of urea groups is 1. The topological polar surface area (TPSA) is 165 Å². The van der Waals surface area contributed by atoms with Gasteiger partial charge in [-0.2, -0.15) is 13.2 Å². The molecule has 2 aromatic carbocycles. The summed E-state index contributed by atoms with van der Waals surface area (Å²) in [5.41, 5.74) is -2.70. The van der Waals surface area contributed by atoms with Gasteiger partial charge >= 0.3 is 17.9 Å². The Morgan fingerprint density at radius 3 is 2.18 bits per heavy atom. The number of rotatable bonds is 4. The van der Waals surface area contributed by atoms with Gasteiger partial charge in [-0.05, 0) is 30.3 Å². The molecule has 2 rings (SSSR count). The zero-order valence-corrected chi connectivity index (χ0v) is 14.3. The minimum Gasteiger partial charge on any atom is -0.501 e. The fourth-order valence-corrected chi connectivity index (χ4v) is 2.58. The lowest BCUT2D eigenvalue weighted by Gasteiger charge is -2.11. The third kappa shape index (κ3) is 4.86. The highest BCUT2D eigenvalue weighted by Crippen LogP contribution is 2.36. The average molecular weight is 420 g/mol. The van der Waals surface area contributed by atoms with Gasteiger partial charge in [0.15, 0.2) is 0 Å². The number of carbonyl (C=O) groups is 1. The van der Waals surface area contributed by atoms with Crippen LogP contribution in [0.2, 0.25) is 0 Å². The van der Waals surface area contributed by atoms with E-state index in [0.29, 0.717) is 24.3 Å². The highest BCUT2D eigenvalue weighted by molar-refractivity contribution is 7.89. The van der Waals surface area contributed by atoms with Crippen LogP contribution in [0.5, 0.6) is 5.75 Å². The van der Waals surface area contributed by atoms with Crippen LogP contribution in [0.4, 0.5) is 35.0 Å². The number of halogens is 3. The number of aromatic hydroxyl groups is 1. The van der Waals surface area contributed by atoms with Crippen molar-refractivity contribution < 1.29 is 36.4 Å². The van der Waals surface area contributed by atoms with Crippen molar-refractivity contribution in [2.75, 3.05) is 10.6 Å². The van der Waals surface area contributed by atoms with Crippen molar-refractivity contribution in [3.05, 3.63) is 52.1 Å². The van der Waals surface area contributed by atoms with E-state index < -0.39 is 54.7 Å². The average Bonchev–Trinajstić information content (AvgIpc) is 2.55. The van der Waals surface area contributed by atoms with E-state index in [4.69, 9.17) is 5.14 Å². The number of anilines is 2. The van der Waals surface area contributed by atoms with Gasteiger partial charge in [0.05, 0.1) is 21.1 Å². The van der Waals surface area contributed by atoms with Crippen LogP contribution in [-0.4, -0.2) is 24.5 Å². The number of benzene rings is 2. The number of amides is 2. The molecule has 0 aliphatic heterocycles. The number of hydrogen-bond acceptors (Lipinski definition) is 6. The predicted octanol–water partition coefficient (Wildman–Crippen LogP) is 2.61. The summed E-state index contributed by atoms with van der Waals surface area (Å²) in [5.74, 6) is -1.04. The summed E-state index contributed by atoms with van der Waals surface area (Å²) in [7, 11) is -4.41. The Kier molecular flexibility index (Phi) is 5.47. The molecule has 0 spiro atoms. The number of primary sulfonamides is 1.